The van der Waals surface area contributed by atoms with E-state index in [2.05, 4.69) is 221 Å². The minimum absolute atomic E-state index is 0.671. The molecule has 0 unspecified atom stereocenters. The van der Waals surface area contributed by atoms with Gasteiger partial charge in [-0.15, -0.1) is 0 Å². The van der Waals surface area contributed by atoms with Crippen LogP contribution in [0, 0.1) is 0 Å². The maximum absolute atomic E-state index is 4.93. The van der Waals surface area contributed by atoms with Gasteiger partial charge in [0.25, 0.3) is 0 Å². The van der Waals surface area contributed by atoms with Gasteiger partial charge in [0.05, 0.1) is 33.8 Å². The minimum atomic E-state index is 0.671. The van der Waals surface area contributed by atoms with Crippen molar-refractivity contribution in [2.45, 2.75) is 0 Å². The lowest BCUT2D eigenvalue weighted by Crippen LogP contribution is -2.23. The van der Waals surface area contributed by atoms with E-state index >= 15 is 0 Å². The lowest BCUT2D eigenvalue weighted by Gasteiger charge is -2.24. The Hall–Kier alpha value is -8.87. The second-order valence-electron chi connectivity index (χ2n) is 16.5. The van der Waals surface area contributed by atoms with Gasteiger partial charge in [-0.05, 0) is 118 Å². The van der Waals surface area contributed by atoms with Crippen molar-refractivity contribution in [2.75, 3.05) is 16.5 Å². The van der Waals surface area contributed by atoms with E-state index in [9.17, 15) is 0 Å². The van der Waals surface area contributed by atoms with Gasteiger partial charge < -0.3 is 9.80 Å². The molecule has 312 valence electrons. The third kappa shape index (κ3) is 6.98. The van der Waals surface area contributed by atoms with Gasteiger partial charge in [-0.1, -0.05) is 140 Å². The first-order valence-corrected chi connectivity index (χ1v) is 22.3. The molecule has 0 atom stereocenters. The number of hydrogen-bond donors (Lipinski definition) is 0. The smallest absolute Gasteiger partial charge is 0.137 e. The summed E-state index contributed by atoms with van der Waals surface area (Å²) in [7, 11) is 0. The van der Waals surface area contributed by atoms with Crippen molar-refractivity contribution in [1.29, 1.82) is 0 Å². The van der Waals surface area contributed by atoms with Crippen LogP contribution in [0.15, 0.2) is 243 Å². The average Bonchev–Trinajstić information content (AvgIpc) is 3.95. The predicted octanol–water partition coefficient (Wildman–Crippen LogP) is 14.6. The molecule has 0 saturated heterocycles. The molecular formula is C60H42N6. The van der Waals surface area contributed by atoms with Crippen molar-refractivity contribution in [2.24, 2.45) is 0 Å². The summed E-state index contributed by atoms with van der Waals surface area (Å²) >= 11 is 0. The third-order valence-electron chi connectivity index (χ3n) is 12.6. The third-order valence-corrected chi connectivity index (χ3v) is 12.6. The molecule has 0 N–H and O–H groups in total. The van der Waals surface area contributed by atoms with Crippen LogP contribution in [0.3, 0.4) is 0 Å². The standard InChI is InChI=1S/C60H42N6/c1-4-17-42(18-5-1)52-38-46(32-35-61-52)60(47-33-36-62-53(39-47)43-19-6-2-7-20-43)59(45-30-31-51-50-25-10-11-26-54(50)66(57(51)40-45)58-29-14-15-34-63-58)44-21-16-24-49(37-44)65-41-64(48-22-8-3-9-23-48)55-27-12-13-28-56(55)65/h1-40H,41H2. The van der Waals surface area contributed by atoms with Crippen LogP contribution in [-0.2, 0) is 0 Å². The number of pyridine rings is 3. The maximum atomic E-state index is 4.93. The molecular weight excluding hydrogens is 805 g/mol. The van der Waals surface area contributed by atoms with E-state index in [1.165, 1.54) is 11.1 Å². The SMILES string of the molecule is c1ccc(-c2cc(C(=C(c3cccc(N4CN(c5ccccc5)c5ccccc54)c3)c3ccc4c5ccccc5n(-c5ccccn5)c4c3)c3ccnc(-c4ccccc4)c3)ccn2)cc1. The first-order chi connectivity index (χ1) is 32.7. The Bertz CT molecular complexity index is 3480. The van der Waals surface area contributed by atoms with E-state index in [0.29, 0.717) is 6.67 Å². The Kier molecular flexibility index (Phi) is 9.80. The lowest BCUT2D eigenvalue weighted by atomic mass is 9.85. The van der Waals surface area contributed by atoms with E-state index in [4.69, 9.17) is 15.0 Å². The number of aromatic nitrogens is 4. The highest BCUT2D eigenvalue weighted by Gasteiger charge is 2.29. The van der Waals surface area contributed by atoms with Gasteiger partial charge in [0.2, 0.25) is 0 Å². The molecule has 0 fully saturated rings. The fourth-order valence-corrected chi connectivity index (χ4v) is 9.57. The highest BCUT2D eigenvalue weighted by molar-refractivity contribution is 6.12. The largest absolute Gasteiger partial charge is 0.321 e. The summed E-state index contributed by atoms with van der Waals surface area (Å²) < 4.78 is 2.29. The zero-order valence-corrected chi connectivity index (χ0v) is 36.0. The van der Waals surface area contributed by atoms with Crippen molar-refractivity contribution < 1.29 is 0 Å². The van der Waals surface area contributed by atoms with Crippen molar-refractivity contribution in [3.05, 3.63) is 265 Å². The topological polar surface area (TPSA) is 50.1 Å². The van der Waals surface area contributed by atoms with Crippen LogP contribution >= 0.6 is 0 Å². The summed E-state index contributed by atoms with van der Waals surface area (Å²) in [5.41, 5.74) is 17.1. The lowest BCUT2D eigenvalue weighted by molar-refractivity contribution is 0.991. The van der Waals surface area contributed by atoms with E-state index in [1.807, 2.05) is 36.8 Å². The number of anilines is 4. The van der Waals surface area contributed by atoms with E-state index < -0.39 is 0 Å². The molecule has 6 nitrogen and oxygen atoms in total. The highest BCUT2D eigenvalue weighted by Crippen LogP contribution is 2.46. The number of rotatable bonds is 9. The zero-order valence-electron chi connectivity index (χ0n) is 36.0. The summed E-state index contributed by atoms with van der Waals surface area (Å²) in [4.78, 5) is 19.6. The summed E-state index contributed by atoms with van der Waals surface area (Å²) in [5.74, 6) is 0.868. The number of benzene rings is 7. The molecule has 4 aromatic heterocycles. The van der Waals surface area contributed by atoms with Gasteiger partial charge in [0, 0.05) is 51.9 Å². The number of fused-ring (bicyclic) bond motifs is 4. The summed E-state index contributed by atoms with van der Waals surface area (Å²) in [6, 6.07) is 79.6. The van der Waals surface area contributed by atoms with Crippen LogP contribution in [0.5, 0.6) is 0 Å². The molecule has 0 aliphatic carbocycles. The number of para-hydroxylation sites is 4. The molecule has 0 saturated carbocycles. The summed E-state index contributed by atoms with van der Waals surface area (Å²) in [6.45, 7) is 0.671. The number of nitrogens with zero attached hydrogens (tertiary/aromatic N) is 6. The first kappa shape index (κ1) is 38.8. The van der Waals surface area contributed by atoms with Crippen molar-refractivity contribution in [1.82, 2.24) is 19.5 Å². The van der Waals surface area contributed by atoms with Gasteiger partial charge in [-0.25, -0.2) is 4.98 Å². The Labute approximate surface area is 383 Å². The fraction of sp³-hybridized carbons (Fsp3) is 0.0167. The van der Waals surface area contributed by atoms with Crippen LogP contribution in [0.2, 0.25) is 0 Å². The summed E-state index contributed by atoms with van der Waals surface area (Å²) in [5, 5.41) is 2.34. The molecule has 1 aliphatic rings. The van der Waals surface area contributed by atoms with Gasteiger partial charge in [0.15, 0.2) is 0 Å². The summed E-state index contributed by atoms with van der Waals surface area (Å²) in [6.07, 6.45) is 5.74. The van der Waals surface area contributed by atoms with E-state index in [0.717, 1.165) is 95.2 Å². The predicted molar refractivity (Wildman–Crippen MR) is 271 cm³/mol. The first-order valence-electron chi connectivity index (χ1n) is 22.3. The number of hydrogen-bond acceptors (Lipinski definition) is 5. The Morgan fingerprint density at radius 1 is 0.348 bits per heavy atom. The van der Waals surface area contributed by atoms with Crippen LogP contribution < -0.4 is 9.80 Å². The quantitative estimate of drug-likeness (QED) is 0.145. The van der Waals surface area contributed by atoms with Gasteiger partial charge in [-0.2, -0.15) is 0 Å². The molecule has 5 heterocycles. The molecule has 0 spiro atoms. The second kappa shape index (κ2) is 16.7. The van der Waals surface area contributed by atoms with Crippen LogP contribution in [0.25, 0.3) is 61.3 Å². The van der Waals surface area contributed by atoms with Gasteiger partial charge in [-0.3, -0.25) is 14.5 Å². The van der Waals surface area contributed by atoms with E-state index in [1.54, 1.807) is 0 Å². The molecule has 7 aromatic carbocycles. The molecule has 12 rings (SSSR count). The molecule has 0 bridgehead atoms. The molecule has 66 heavy (non-hydrogen) atoms. The molecule has 6 heteroatoms. The Morgan fingerprint density at radius 2 is 0.879 bits per heavy atom. The maximum Gasteiger partial charge on any atom is 0.137 e. The van der Waals surface area contributed by atoms with Crippen molar-refractivity contribution >= 4 is 55.7 Å². The minimum Gasteiger partial charge on any atom is -0.321 e. The van der Waals surface area contributed by atoms with E-state index in [-0.39, 0.29) is 0 Å². The van der Waals surface area contributed by atoms with Gasteiger partial charge >= 0.3 is 0 Å². The fourth-order valence-electron chi connectivity index (χ4n) is 9.57. The normalized spacial score (nSPS) is 12.1. The van der Waals surface area contributed by atoms with Crippen LogP contribution in [-0.4, -0.2) is 26.2 Å². The monoisotopic (exact) mass is 846 g/mol. The van der Waals surface area contributed by atoms with Gasteiger partial charge in [0.1, 0.15) is 12.5 Å². The molecule has 0 amide bonds. The molecule has 11 aromatic rings. The Morgan fingerprint density at radius 3 is 1.53 bits per heavy atom. The molecule has 0 radical (unpaired) electrons. The molecule has 1 aliphatic heterocycles. The highest BCUT2D eigenvalue weighted by atomic mass is 15.4. The Balaban J connectivity index is 1.15. The van der Waals surface area contributed by atoms with Crippen LogP contribution in [0.1, 0.15) is 22.3 Å². The van der Waals surface area contributed by atoms with Crippen molar-refractivity contribution in [3.63, 3.8) is 0 Å². The zero-order chi connectivity index (χ0) is 43.8. The average molecular weight is 847 g/mol. The second-order valence-corrected chi connectivity index (χ2v) is 16.5. The van der Waals surface area contributed by atoms with Crippen molar-refractivity contribution in [3.8, 4) is 28.3 Å². The van der Waals surface area contributed by atoms with Crippen LogP contribution in [0.4, 0.5) is 22.7 Å².